The molecule has 1 N–H and O–H groups in total. The first-order valence-corrected chi connectivity index (χ1v) is 12.6. The molecule has 0 bridgehead atoms. The number of nitrogens with one attached hydrogen (secondary N) is 1. The number of thiophene rings is 1. The Kier molecular flexibility index (Phi) is 7.52. The molecule has 5 heteroatoms. The Morgan fingerprint density at radius 2 is 1.82 bits per heavy atom. The summed E-state index contributed by atoms with van der Waals surface area (Å²) in [5.41, 5.74) is 4.13. The summed E-state index contributed by atoms with van der Waals surface area (Å²) in [6, 6.07) is 8.22. The maximum atomic E-state index is 12.7. The largest absolute Gasteiger partial charge is 0.465 e. The van der Waals surface area contributed by atoms with Gasteiger partial charge in [0.05, 0.1) is 12.7 Å². The molecule has 1 atom stereocenters. The van der Waals surface area contributed by atoms with E-state index in [-0.39, 0.29) is 22.7 Å². The Labute approximate surface area is 202 Å². The van der Waals surface area contributed by atoms with Crippen molar-refractivity contribution in [2.75, 3.05) is 12.4 Å². The zero-order chi connectivity index (χ0) is 24.4. The standard InChI is InChI=1S/C28H37NO3S/c1-8-28(5,6)20-14-15-21-22(17-20)33-25(24(21)26(31)32-7)29-23(30)16-11-18-9-12-19(13-10-18)27(2,3)4/h9-13,16,20H,8,14-15,17H2,1-7H3,(H,29,30)/b16-11+. The minimum Gasteiger partial charge on any atom is -0.465 e. The van der Waals surface area contributed by atoms with Crippen molar-refractivity contribution < 1.29 is 14.3 Å². The number of esters is 1. The molecule has 178 valence electrons. The van der Waals surface area contributed by atoms with Crippen LogP contribution >= 0.6 is 11.3 Å². The minimum absolute atomic E-state index is 0.0908. The Balaban J connectivity index is 1.79. The van der Waals surface area contributed by atoms with Crippen molar-refractivity contribution in [3.8, 4) is 0 Å². The number of hydrogen-bond acceptors (Lipinski definition) is 4. The lowest BCUT2D eigenvalue weighted by molar-refractivity contribution is -0.111. The number of amides is 1. The van der Waals surface area contributed by atoms with E-state index in [9.17, 15) is 9.59 Å². The lowest BCUT2D eigenvalue weighted by Crippen LogP contribution is -2.28. The first-order valence-electron chi connectivity index (χ1n) is 11.8. The zero-order valence-corrected chi connectivity index (χ0v) is 21.8. The Bertz CT molecular complexity index is 1040. The summed E-state index contributed by atoms with van der Waals surface area (Å²) in [5.74, 6) is -0.0551. The van der Waals surface area contributed by atoms with Gasteiger partial charge < -0.3 is 10.1 Å². The van der Waals surface area contributed by atoms with E-state index in [1.165, 1.54) is 35.0 Å². The smallest absolute Gasteiger partial charge is 0.341 e. The second-order valence-electron chi connectivity index (χ2n) is 10.7. The van der Waals surface area contributed by atoms with E-state index < -0.39 is 0 Å². The number of ether oxygens (including phenoxy) is 1. The highest BCUT2D eigenvalue weighted by atomic mass is 32.1. The van der Waals surface area contributed by atoms with Gasteiger partial charge in [0.1, 0.15) is 5.00 Å². The number of carbonyl (C=O) groups is 2. The van der Waals surface area contributed by atoms with Crippen molar-refractivity contribution in [2.24, 2.45) is 11.3 Å². The molecule has 0 saturated carbocycles. The molecule has 1 unspecified atom stereocenters. The fraction of sp³-hybridized carbons (Fsp3) is 0.500. The van der Waals surface area contributed by atoms with Gasteiger partial charge in [-0.25, -0.2) is 4.79 Å². The zero-order valence-electron chi connectivity index (χ0n) is 21.0. The summed E-state index contributed by atoms with van der Waals surface area (Å²) >= 11 is 1.52. The molecule has 0 saturated heterocycles. The van der Waals surface area contributed by atoms with E-state index in [2.05, 4.69) is 59.0 Å². The van der Waals surface area contributed by atoms with Crippen molar-refractivity contribution in [1.29, 1.82) is 0 Å². The lowest BCUT2D eigenvalue weighted by atomic mass is 9.69. The molecule has 0 radical (unpaired) electrons. The molecule has 0 aliphatic heterocycles. The van der Waals surface area contributed by atoms with E-state index >= 15 is 0 Å². The number of fused-ring (bicyclic) bond motifs is 1. The van der Waals surface area contributed by atoms with Crippen LogP contribution in [0.1, 0.15) is 86.3 Å². The quantitative estimate of drug-likeness (QED) is 0.367. The van der Waals surface area contributed by atoms with Crippen LogP contribution in [-0.2, 0) is 27.8 Å². The van der Waals surface area contributed by atoms with Gasteiger partial charge in [-0.05, 0) is 58.8 Å². The first-order chi connectivity index (χ1) is 15.5. The predicted molar refractivity (Wildman–Crippen MR) is 138 cm³/mol. The second kappa shape index (κ2) is 9.84. The van der Waals surface area contributed by atoms with Crippen LogP contribution in [0.5, 0.6) is 0 Å². The van der Waals surface area contributed by atoms with Crippen LogP contribution < -0.4 is 5.32 Å². The van der Waals surface area contributed by atoms with Crippen LogP contribution in [0.15, 0.2) is 30.3 Å². The molecule has 1 aromatic heterocycles. The van der Waals surface area contributed by atoms with E-state index in [1.807, 2.05) is 12.1 Å². The van der Waals surface area contributed by atoms with Crippen molar-refractivity contribution >= 4 is 34.3 Å². The number of benzene rings is 1. The van der Waals surface area contributed by atoms with E-state index in [4.69, 9.17) is 4.74 Å². The van der Waals surface area contributed by atoms with Crippen LogP contribution in [0, 0.1) is 11.3 Å². The Hall–Kier alpha value is -2.40. The number of anilines is 1. The minimum atomic E-state index is -0.377. The lowest BCUT2D eigenvalue weighted by Gasteiger charge is -2.36. The molecule has 3 rings (SSSR count). The van der Waals surface area contributed by atoms with Crippen LogP contribution in [-0.4, -0.2) is 19.0 Å². The van der Waals surface area contributed by atoms with Crippen molar-refractivity contribution in [2.45, 2.75) is 72.6 Å². The second-order valence-corrected chi connectivity index (χ2v) is 11.8. The summed E-state index contributed by atoms with van der Waals surface area (Å²) in [4.78, 5) is 26.5. The van der Waals surface area contributed by atoms with Gasteiger partial charge in [0.2, 0.25) is 5.91 Å². The van der Waals surface area contributed by atoms with E-state index in [1.54, 1.807) is 6.08 Å². The maximum Gasteiger partial charge on any atom is 0.341 e. The molecule has 1 aliphatic rings. The van der Waals surface area contributed by atoms with E-state index in [0.29, 0.717) is 16.5 Å². The molecule has 1 amide bonds. The van der Waals surface area contributed by atoms with Gasteiger partial charge in [0.15, 0.2) is 0 Å². The molecule has 1 heterocycles. The van der Waals surface area contributed by atoms with Crippen LogP contribution in [0.2, 0.25) is 0 Å². The fourth-order valence-corrected chi connectivity index (χ4v) is 5.69. The van der Waals surface area contributed by atoms with Gasteiger partial charge >= 0.3 is 5.97 Å². The number of hydrogen-bond donors (Lipinski definition) is 1. The van der Waals surface area contributed by atoms with Crippen LogP contribution in [0.25, 0.3) is 6.08 Å². The summed E-state index contributed by atoms with van der Waals surface area (Å²) in [6.07, 6.45) is 7.27. The van der Waals surface area contributed by atoms with E-state index in [0.717, 1.165) is 36.8 Å². The van der Waals surface area contributed by atoms with Gasteiger partial charge in [-0.3, -0.25) is 4.79 Å². The molecule has 1 aliphatic carbocycles. The Morgan fingerprint density at radius 1 is 1.15 bits per heavy atom. The third kappa shape index (κ3) is 5.75. The highest BCUT2D eigenvalue weighted by Gasteiger charge is 2.35. The molecular formula is C28H37NO3S. The third-order valence-electron chi connectivity index (χ3n) is 7.11. The average molecular weight is 468 g/mol. The Morgan fingerprint density at radius 3 is 2.39 bits per heavy atom. The normalized spacial score (nSPS) is 16.5. The molecule has 0 fully saturated rings. The first kappa shape index (κ1) is 25.2. The number of methoxy groups -OCH3 is 1. The number of carbonyl (C=O) groups excluding carboxylic acids is 2. The molecule has 4 nitrogen and oxygen atoms in total. The maximum absolute atomic E-state index is 12.7. The molecular weight excluding hydrogens is 430 g/mol. The fourth-order valence-electron chi connectivity index (χ4n) is 4.37. The van der Waals surface area contributed by atoms with Crippen molar-refractivity contribution in [1.82, 2.24) is 0 Å². The van der Waals surface area contributed by atoms with Gasteiger partial charge in [-0.1, -0.05) is 72.2 Å². The van der Waals surface area contributed by atoms with Gasteiger partial charge in [0, 0.05) is 11.0 Å². The summed E-state index contributed by atoms with van der Waals surface area (Å²) in [6.45, 7) is 13.4. The molecule has 0 spiro atoms. The predicted octanol–water partition coefficient (Wildman–Crippen LogP) is 7.03. The van der Waals surface area contributed by atoms with Gasteiger partial charge in [-0.15, -0.1) is 11.3 Å². The average Bonchev–Trinajstić information content (AvgIpc) is 3.13. The number of rotatable bonds is 6. The van der Waals surface area contributed by atoms with Gasteiger partial charge in [0.25, 0.3) is 0 Å². The third-order valence-corrected chi connectivity index (χ3v) is 8.28. The van der Waals surface area contributed by atoms with Crippen LogP contribution in [0.4, 0.5) is 5.00 Å². The van der Waals surface area contributed by atoms with Crippen molar-refractivity contribution in [3.05, 3.63) is 57.5 Å². The van der Waals surface area contributed by atoms with Crippen molar-refractivity contribution in [3.63, 3.8) is 0 Å². The molecule has 1 aromatic carbocycles. The highest BCUT2D eigenvalue weighted by molar-refractivity contribution is 7.17. The summed E-state index contributed by atoms with van der Waals surface area (Å²) in [7, 11) is 1.39. The topological polar surface area (TPSA) is 55.4 Å². The summed E-state index contributed by atoms with van der Waals surface area (Å²) < 4.78 is 5.06. The SMILES string of the molecule is CCC(C)(C)C1CCc2c(sc(NC(=O)/C=C/c3ccc(C(C)(C)C)cc3)c2C(=O)OC)C1. The summed E-state index contributed by atoms with van der Waals surface area (Å²) in [5, 5.41) is 3.55. The highest BCUT2D eigenvalue weighted by Crippen LogP contribution is 2.45. The molecule has 2 aromatic rings. The van der Waals surface area contributed by atoms with Crippen LogP contribution in [0.3, 0.4) is 0 Å². The monoisotopic (exact) mass is 467 g/mol. The van der Waals surface area contributed by atoms with Gasteiger partial charge in [-0.2, -0.15) is 0 Å². The molecule has 33 heavy (non-hydrogen) atoms.